The van der Waals surface area contributed by atoms with Gasteiger partial charge in [0.1, 0.15) is 0 Å². The SMILES string of the molecule is CC1CC2CCCCC2N1C(=O)Nc1ccc(Cl)cc1. The Hall–Kier alpha value is -1.22. The Labute approximate surface area is 125 Å². The van der Waals surface area contributed by atoms with E-state index in [2.05, 4.69) is 17.1 Å². The molecule has 0 spiro atoms. The number of nitrogens with one attached hydrogen (secondary N) is 1. The third-order valence-electron chi connectivity index (χ3n) is 4.67. The summed E-state index contributed by atoms with van der Waals surface area (Å²) < 4.78 is 0. The topological polar surface area (TPSA) is 32.3 Å². The van der Waals surface area contributed by atoms with Crippen LogP contribution in [-0.2, 0) is 0 Å². The Balaban J connectivity index is 1.71. The standard InChI is InChI=1S/C16H21ClN2O/c1-11-10-12-4-2-3-5-15(12)19(11)16(20)18-14-8-6-13(17)7-9-14/h6-9,11-12,15H,2-5,10H2,1H3,(H,18,20). The van der Waals surface area contributed by atoms with Gasteiger partial charge in [0.25, 0.3) is 0 Å². The first-order valence-corrected chi connectivity index (χ1v) is 7.88. The van der Waals surface area contributed by atoms with Crippen LogP contribution in [0.15, 0.2) is 24.3 Å². The Morgan fingerprint density at radius 3 is 2.70 bits per heavy atom. The van der Waals surface area contributed by atoms with Crippen LogP contribution >= 0.6 is 11.6 Å². The van der Waals surface area contributed by atoms with Crippen molar-refractivity contribution < 1.29 is 4.79 Å². The highest BCUT2D eigenvalue weighted by Gasteiger charge is 2.42. The van der Waals surface area contributed by atoms with Gasteiger partial charge in [-0.05, 0) is 56.4 Å². The summed E-state index contributed by atoms with van der Waals surface area (Å²) in [6.07, 6.45) is 6.15. The Kier molecular flexibility index (Phi) is 3.88. The van der Waals surface area contributed by atoms with Crippen molar-refractivity contribution in [1.82, 2.24) is 4.90 Å². The number of hydrogen-bond acceptors (Lipinski definition) is 1. The van der Waals surface area contributed by atoms with E-state index < -0.39 is 0 Å². The maximum absolute atomic E-state index is 12.5. The molecule has 3 nitrogen and oxygen atoms in total. The van der Waals surface area contributed by atoms with Crippen molar-refractivity contribution in [2.75, 3.05) is 5.32 Å². The molecule has 1 aromatic carbocycles. The van der Waals surface area contributed by atoms with Crippen molar-refractivity contribution in [1.29, 1.82) is 0 Å². The van der Waals surface area contributed by atoms with Crippen LogP contribution in [0.2, 0.25) is 5.02 Å². The second-order valence-electron chi connectivity index (χ2n) is 6.04. The molecule has 1 N–H and O–H groups in total. The maximum Gasteiger partial charge on any atom is 0.322 e. The van der Waals surface area contributed by atoms with E-state index in [1.165, 1.54) is 19.3 Å². The smallest absolute Gasteiger partial charge is 0.319 e. The predicted molar refractivity (Wildman–Crippen MR) is 82.1 cm³/mol. The summed E-state index contributed by atoms with van der Waals surface area (Å²) in [5.41, 5.74) is 0.811. The lowest BCUT2D eigenvalue weighted by Crippen LogP contribution is -2.44. The number of halogens is 1. The van der Waals surface area contributed by atoms with Gasteiger partial charge in [-0.25, -0.2) is 4.79 Å². The van der Waals surface area contributed by atoms with Crippen LogP contribution < -0.4 is 5.32 Å². The number of anilines is 1. The first-order valence-electron chi connectivity index (χ1n) is 7.50. The number of amides is 2. The lowest BCUT2D eigenvalue weighted by Gasteiger charge is -2.33. The zero-order chi connectivity index (χ0) is 14.1. The third kappa shape index (κ3) is 2.64. The van der Waals surface area contributed by atoms with Crippen molar-refractivity contribution in [2.24, 2.45) is 5.92 Å². The molecule has 0 bridgehead atoms. The molecule has 1 aromatic rings. The van der Waals surface area contributed by atoms with Crippen LogP contribution in [-0.4, -0.2) is 23.0 Å². The fourth-order valence-electron chi connectivity index (χ4n) is 3.78. The van der Waals surface area contributed by atoms with Crippen LogP contribution in [0.1, 0.15) is 39.0 Å². The first kappa shape index (κ1) is 13.7. The molecule has 0 radical (unpaired) electrons. The van der Waals surface area contributed by atoms with Crippen LogP contribution in [0.25, 0.3) is 0 Å². The molecular weight excluding hydrogens is 272 g/mol. The zero-order valence-electron chi connectivity index (χ0n) is 11.8. The van der Waals surface area contributed by atoms with Crippen molar-refractivity contribution in [3.8, 4) is 0 Å². The van der Waals surface area contributed by atoms with Crippen LogP contribution in [0.5, 0.6) is 0 Å². The summed E-state index contributed by atoms with van der Waals surface area (Å²) in [7, 11) is 0. The monoisotopic (exact) mass is 292 g/mol. The minimum absolute atomic E-state index is 0.0363. The summed E-state index contributed by atoms with van der Waals surface area (Å²) in [6.45, 7) is 2.17. The fraction of sp³-hybridized carbons (Fsp3) is 0.562. The molecular formula is C16H21ClN2O. The molecule has 3 atom stereocenters. The average molecular weight is 293 g/mol. The molecule has 2 amide bonds. The molecule has 2 fully saturated rings. The van der Waals surface area contributed by atoms with E-state index >= 15 is 0 Å². The first-order chi connectivity index (χ1) is 9.65. The predicted octanol–water partition coefficient (Wildman–Crippen LogP) is 4.52. The second kappa shape index (κ2) is 5.65. The molecule has 1 aliphatic carbocycles. The summed E-state index contributed by atoms with van der Waals surface area (Å²) in [5.74, 6) is 0.703. The number of benzene rings is 1. The molecule has 1 saturated heterocycles. The highest BCUT2D eigenvalue weighted by Crippen LogP contribution is 2.39. The molecule has 3 rings (SSSR count). The van der Waals surface area contributed by atoms with E-state index in [4.69, 9.17) is 11.6 Å². The fourth-order valence-corrected chi connectivity index (χ4v) is 3.91. The lowest BCUT2D eigenvalue weighted by atomic mass is 9.85. The van der Waals surface area contributed by atoms with E-state index in [1.807, 2.05) is 12.1 Å². The average Bonchev–Trinajstić information content (AvgIpc) is 2.77. The number of carbonyl (C=O) groups is 1. The molecule has 20 heavy (non-hydrogen) atoms. The highest BCUT2D eigenvalue weighted by atomic mass is 35.5. The van der Waals surface area contributed by atoms with Crippen molar-refractivity contribution in [3.63, 3.8) is 0 Å². The largest absolute Gasteiger partial charge is 0.322 e. The molecule has 0 aromatic heterocycles. The summed E-state index contributed by atoms with van der Waals surface area (Å²) >= 11 is 5.87. The lowest BCUT2D eigenvalue weighted by molar-refractivity contribution is 0.168. The number of hydrogen-bond donors (Lipinski definition) is 1. The number of nitrogens with zero attached hydrogens (tertiary/aromatic N) is 1. The third-order valence-corrected chi connectivity index (χ3v) is 4.93. The Morgan fingerprint density at radius 2 is 1.95 bits per heavy atom. The molecule has 1 heterocycles. The van der Waals surface area contributed by atoms with Crippen LogP contribution in [0.4, 0.5) is 10.5 Å². The highest BCUT2D eigenvalue weighted by molar-refractivity contribution is 6.30. The Bertz CT molecular complexity index is 488. The Morgan fingerprint density at radius 1 is 1.25 bits per heavy atom. The number of carbonyl (C=O) groups excluding carboxylic acids is 1. The normalized spacial score (nSPS) is 29.1. The number of rotatable bonds is 1. The zero-order valence-corrected chi connectivity index (χ0v) is 12.6. The minimum Gasteiger partial charge on any atom is -0.319 e. The molecule has 1 aliphatic heterocycles. The number of urea groups is 1. The molecule has 2 aliphatic rings. The van der Waals surface area contributed by atoms with E-state index in [9.17, 15) is 4.79 Å². The van der Waals surface area contributed by atoms with Gasteiger partial charge in [0.15, 0.2) is 0 Å². The number of likely N-dealkylation sites (tertiary alicyclic amines) is 1. The van der Waals surface area contributed by atoms with Crippen LogP contribution in [0.3, 0.4) is 0 Å². The number of fused-ring (bicyclic) bond motifs is 1. The molecule has 4 heteroatoms. The van der Waals surface area contributed by atoms with E-state index in [1.54, 1.807) is 12.1 Å². The van der Waals surface area contributed by atoms with Crippen LogP contribution in [0, 0.1) is 5.92 Å². The molecule has 1 saturated carbocycles. The summed E-state index contributed by atoms with van der Waals surface area (Å²) in [4.78, 5) is 14.6. The summed E-state index contributed by atoms with van der Waals surface area (Å²) in [5, 5.41) is 3.69. The van der Waals surface area contributed by atoms with Crippen molar-refractivity contribution >= 4 is 23.3 Å². The van der Waals surface area contributed by atoms with Crippen molar-refractivity contribution in [2.45, 2.75) is 51.1 Å². The van der Waals surface area contributed by atoms with Gasteiger partial charge in [-0.3, -0.25) is 0 Å². The van der Waals surface area contributed by atoms with Gasteiger partial charge in [-0.15, -0.1) is 0 Å². The van der Waals surface area contributed by atoms with Crippen molar-refractivity contribution in [3.05, 3.63) is 29.3 Å². The maximum atomic E-state index is 12.5. The van der Waals surface area contributed by atoms with Gasteiger partial charge in [0, 0.05) is 22.8 Å². The van der Waals surface area contributed by atoms with Gasteiger partial charge in [-0.1, -0.05) is 24.4 Å². The van der Waals surface area contributed by atoms with E-state index in [-0.39, 0.29) is 6.03 Å². The van der Waals surface area contributed by atoms with E-state index in [0.29, 0.717) is 23.0 Å². The quantitative estimate of drug-likeness (QED) is 0.810. The minimum atomic E-state index is 0.0363. The van der Waals surface area contributed by atoms with Gasteiger partial charge in [0.05, 0.1) is 0 Å². The molecule has 108 valence electrons. The van der Waals surface area contributed by atoms with Gasteiger partial charge >= 0.3 is 6.03 Å². The van der Waals surface area contributed by atoms with E-state index in [0.717, 1.165) is 18.5 Å². The van der Waals surface area contributed by atoms with Gasteiger partial charge in [-0.2, -0.15) is 0 Å². The second-order valence-corrected chi connectivity index (χ2v) is 6.48. The van der Waals surface area contributed by atoms with Gasteiger partial charge < -0.3 is 10.2 Å². The summed E-state index contributed by atoms with van der Waals surface area (Å²) in [6, 6.07) is 8.11. The van der Waals surface area contributed by atoms with Gasteiger partial charge in [0.2, 0.25) is 0 Å². The molecule has 3 unspecified atom stereocenters.